The molecule has 0 atom stereocenters. The summed E-state index contributed by atoms with van der Waals surface area (Å²) >= 11 is 0. The van der Waals surface area contributed by atoms with Crippen molar-refractivity contribution in [2.45, 2.75) is 26.4 Å². The van der Waals surface area contributed by atoms with Gasteiger partial charge in [-0.1, -0.05) is 30.3 Å². The number of carbonyl (C=O) groups is 3. The molecule has 0 spiro atoms. The minimum absolute atomic E-state index is 0.240. The maximum atomic E-state index is 12.1. The molecular weight excluding hydrogens is 336 g/mol. The zero-order valence-corrected chi connectivity index (χ0v) is 14.7. The molecule has 0 unspecified atom stereocenters. The van der Waals surface area contributed by atoms with Crippen molar-refractivity contribution in [3.05, 3.63) is 60.1 Å². The van der Waals surface area contributed by atoms with Gasteiger partial charge in [0.15, 0.2) is 5.78 Å². The van der Waals surface area contributed by atoms with E-state index in [-0.39, 0.29) is 17.2 Å². The van der Waals surface area contributed by atoms with Gasteiger partial charge in [0.1, 0.15) is 11.3 Å². The van der Waals surface area contributed by atoms with Crippen molar-refractivity contribution in [1.82, 2.24) is 9.78 Å². The van der Waals surface area contributed by atoms with Crippen molar-refractivity contribution in [1.29, 1.82) is 0 Å². The molecular formula is C18H20N4O4. The Morgan fingerprint density at radius 1 is 1.19 bits per heavy atom. The Hall–Kier alpha value is -3.42. The van der Waals surface area contributed by atoms with Gasteiger partial charge in [-0.25, -0.2) is 4.79 Å². The third kappa shape index (κ3) is 5.30. The second-order valence-corrected chi connectivity index (χ2v) is 6.44. The highest BCUT2D eigenvalue weighted by Crippen LogP contribution is 2.11. The van der Waals surface area contributed by atoms with Crippen LogP contribution >= 0.6 is 0 Å². The Morgan fingerprint density at radius 3 is 2.46 bits per heavy atom. The first-order valence-corrected chi connectivity index (χ1v) is 7.81. The number of rotatable bonds is 4. The van der Waals surface area contributed by atoms with Crippen LogP contribution in [-0.4, -0.2) is 33.2 Å². The van der Waals surface area contributed by atoms with Gasteiger partial charge in [0.25, 0.3) is 5.91 Å². The van der Waals surface area contributed by atoms with E-state index < -0.39 is 17.6 Å². The molecule has 0 aliphatic carbocycles. The smallest absolute Gasteiger partial charge is 0.435 e. The lowest BCUT2D eigenvalue weighted by molar-refractivity contribution is -0.112. The summed E-state index contributed by atoms with van der Waals surface area (Å²) in [6.07, 6.45) is 2.93. The largest absolute Gasteiger partial charge is 0.442 e. The summed E-state index contributed by atoms with van der Waals surface area (Å²) in [7, 11) is 0. The normalized spacial score (nSPS) is 11.7. The predicted molar refractivity (Wildman–Crippen MR) is 95.5 cm³/mol. The first kappa shape index (κ1) is 18.9. The Labute approximate surface area is 150 Å². The Bertz CT molecular complexity index is 848. The van der Waals surface area contributed by atoms with Crippen LogP contribution in [0, 0.1) is 0 Å². The average Bonchev–Trinajstić information content (AvgIpc) is 3.02. The van der Waals surface area contributed by atoms with Gasteiger partial charge in [0, 0.05) is 11.6 Å². The van der Waals surface area contributed by atoms with Crippen LogP contribution in [-0.2, 0) is 9.53 Å². The molecule has 8 nitrogen and oxygen atoms in total. The van der Waals surface area contributed by atoms with Crippen molar-refractivity contribution in [2.24, 2.45) is 5.73 Å². The number of amides is 1. The summed E-state index contributed by atoms with van der Waals surface area (Å²) in [4.78, 5) is 36.0. The second-order valence-electron chi connectivity index (χ2n) is 6.44. The molecule has 1 aromatic carbocycles. The Morgan fingerprint density at radius 2 is 1.85 bits per heavy atom. The van der Waals surface area contributed by atoms with Crippen molar-refractivity contribution in [3.8, 4) is 0 Å². The minimum atomic E-state index is -0.682. The third-order valence-electron chi connectivity index (χ3n) is 3.03. The number of nitrogens with two attached hydrogens (primary N) is 1. The molecule has 0 saturated heterocycles. The van der Waals surface area contributed by atoms with E-state index in [1.165, 1.54) is 12.4 Å². The fraction of sp³-hybridized carbons (Fsp3) is 0.222. The summed E-state index contributed by atoms with van der Waals surface area (Å²) in [6, 6.07) is 8.44. The molecule has 1 heterocycles. The molecule has 2 aromatic rings. The summed E-state index contributed by atoms with van der Waals surface area (Å²) in [6.45, 7) is 5.19. The number of ketones is 1. The van der Waals surface area contributed by atoms with E-state index in [4.69, 9.17) is 10.5 Å². The number of hydrogen-bond donors (Lipinski definition) is 2. The Kier molecular flexibility index (Phi) is 5.56. The highest BCUT2D eigenvalue weighted by Gasteiger charge is 2.19. The standard InChI is InChI=1S/C18H20N4O4/c1-18(2,3)26-17(25)22-11-13(10-20-22)21-16(24)14(19)9-15(23)12-7-5-4-6-8-12/h4-11H,19H2,1-3H3,(H,21,24). The molecule has 26 heavy (non-hydrogen) atoms. The van der Waals surface area contributed by atoms with E-state index in [1.807, 2.05) is 0 Å². The zero-order chi connectivity index (χ0) is 19.3. The third-order valence-corrected chi connectivity index (χ3v) is 3.03. The van der Waals surface area contributed by atoms with Gasteiger partial charge in [0.05, 0.1) is 18.1 Å². The molecule has 0 aliphatic heterocycles. The van der Waals surface area contributed by atoms with Crippen LogP contribution in [0.4, 0.5) is 10.5 Å². The molecule has 0 aliphatic rings. The number of benzene rings is 1. The van der Waals surface area contributed by atoms with Gasteiger partial charge in [-0.05, 0) is 20.8 Å². The van der Waals surface area contributed by atoms with Crippen LogP contribution in [0.3, 0.4) is 0 Å². The fourth-order valence-electron chi connectivity index (χ4n) is 1.89. The molecule has 0 radical (unpaired) electrons. The number of nitrogens with one attached hydrogen (secondary N) is 1. The van der Waals surface area contributed by atoms with Crippen LogP contribution in [0.2, 0.25) is 0 Å². The number of anilines is 1. The van der Waals surface area contributed by atoms with Crippen molar-refractivity contribution in [3.63, 3.8) is 0 Å². The molecule has 0 bridgehead atoms. The lowest BCUT2D eigenvalue weighted by Crippen LogP contribution is -2.27. The van der Waals surface area contributed by atoms with Gasteiger partial charge in [0.2, 0.25) is 0 Å². The molecule has 136 valence electrons. The monoisotopic (exact) mass is 356 g/mol. The molecule has 2 rings (SSSR count). The van der Waals surface area contributed by atoms with E-state index >= 15 is 0 Å². The minimum Gasteiger partial charge on any atom is -0.442 e. The Balaban J connectivity index is 2.02. The predicted octanol–water partition coefficient (Wildman–Crippen LogP) is 2.33. The van der Waals surface area contributed by atoms with Gasteiger partial charge < -0.3 is 15.8 Å². The highest BCUT2D eigenvalue weighted by atomic mass is 16.6. The van der Waals surface area contributed by atoms with Gasteiger partial charge in [-0.3, -0.25) is 9.59 Å². The lowest BCUT2D eigenvalue weighted by atomic mass is 10.1. The highest BCUT2D eigenvalue weighted by molar-refractivity contribution is 6.12. The number of carbonyl (C=O) groups excluding carboxylic acids is 3. The first-order chi connectivity index (χ1) is 12.2. The lowest BCUT2D eigenvalue weighted by Gasteiger charge is -2.18. The summed E-state index contributed by atoms with van der Waals surface area (Å²) in [5.74, 6) is -1.07. The quantitative estimate of drug-likeness (QED) is 0.641. The van der Waals surface area contributed by atoms with Gasteiger partial charge in [-0.2, -0.15) is 9.78 Å². The first-order valence-electron chi connectivity index (χ1n) is 7.81. The number of nitrogens with zero attached hydrogens (tertiary/aromatic N) is 2. The van der Waals surface area contributed by atoms with Crippen molar-refractivity contribution in [2.75, 3.05) is 5.32 Å². The maximum Gasteiger partial charge on any atom is 0.435 e. The van der Waals surface area contributed by atoms with Crippen LogP contribution in [0.1, 0.15) is 31.1 Å². The SMILES string of the molecule is CC(C)(C)OC(=O)n1cc(NC(=O)C(N)=CC(=O)c2ccccc2)cn1. The summed E-state index contributed by atoms with van der Waals surface area (Å²) in [5, 5.41) is 6.28. The second kappa shape index (κ2) is 7.64. The van der Waals surface area contributed by atoms with Crippen LogP contribution in [0.5, 0.6) is 0 Å². The number of hydrogen-bond acceptors (Lipinski definition) is 6. The molecule has 8 heteroatoms. The van der Waals surface area contributed by atoms with E-state index in [0.717, 1.165) is 10.8 Å². The molecule has 1 aromatic heterocycles. The molecule has 1 amide bonds. The number of aromatic nitrogens is 2. The molecule has 0 fully saturated rings. The topological polar surface area (TPSA) is 116 Å². The fourth-order valence-corrected chi connectivity index (χ4v) is 1.89. The van der Waals surface area contributed by atoms with Crippen molar-refractivity contribution >= 4 is 23.5 Å². The van der Waals surface area contributed by atoms with Crippen LogP contribution in [0.15, 0.2) is 54.5 Å². The number of allylic oxidation sites excluding steroid dienone is 1. The van der Waals surface area contributed by atoms with Crippen LogP contribution in [0.25, 0.3) is 0 Å². The molecule has 3 N–H and O–H groups in total. The van der Waals surface area contributed by atoms with Crippen LogP contribution < -0.4 is 11.1 Å². The average molecular weight is 356 g/mol. The number of ether oxygens (including phenoxy) is 1. The zero-order valence-electron chi connectivity index (χ0n) is 14.7. The van der Waals surface area contributed by atoms with E-state index in [0.29, 0.717) is 5.56 Å². The van der Waals surface area contributed by atoms with E-state index in [2.05, 4.69) is 10.4 Å². The van der Waals surface area contributed by atoms with E-state index in [1.54, 1.807) is 51.1 Å². The maximum absolute atomic E-state index is 12.1. The summed E-state index contributed by atoms with van der Waals surface area (Å²) < 4.78 is 6.11. The van der Waals surface area contributed by atoms with Gasteiger partial charge in [-0.15, -0.1) is 0 Å². The molecule has 0 saturated carbocycles. The summed E-state index contributed by atoms with van der Waals surface area (Å²) in [5.41, 5.74) is 5.39. The van der Waals surface area contributed by atoms with E-state index in [9.17, 15) is 14.4 Å². The van der Waals surface area contributed by atoms with Gasteiger partial charge >= 0.3 is 6.09 Å². The van der Waals surface area contributed by atoms with Crippen molar-refractivity contribution < 1.29 is 19.1 Å².